The van der Waals surface area contributed by atoms with Crippen molar-refractivity contribution in [3.05, 3.63) is 77.3 Å². The third kappa shape index (κ3) is 7.35. The molecule has 1 aliphatic heterocycles. The van der Waals surface area contributed by atoms with Gasteiger partial charge in [-0.15, -0.1) is 0 Å². The van der Waals surface area contributed by atoms with E-state index >= 15 is 0 Å². The maximum absolute atomic E-state index is 13.3. The molecule has 0 radical (unpaired) electrons. The molecule has 0 saturated carbocycles. The molecule has 7 N–H and O–H groups in total. The molecule has 1 aliphatic rings. The fourth-order valence-corrected chi connectivity index (χ4v) is 4.67. The lowest BCUT2D eigenvalue weighted by Crippen LogP contribution is -2.49. The van der Waals surface area contributed by atoms with Crippen LogP contribution in [0.25, 0.3) is 10.8 Å². The van der Waals surface area contributed by atoms with Gasteiger partial charge < -0.3 is 32.2 Å². The molecule has 0 aliphatic carbocycles. The number of epoxide rings is 1. The van der Waals surface area contributed by atoms with Crippen molar-refractivity contribution in [2.45, 2.75) is 50.0 Å². The SMILES string of the molecule is NCCCC[C@H](NC(=O)C1OC1C(=O)N[C@@H](Cc1ccccc1)C(N)=O)C(=O)Nc1ccc(Cl)c2ccccc12. The second-order valence-electron chi connectivity index (χ2n) is 9.61. The Morgan fingerprint density at radius 2 is 1.45 bits per heavy atom. The van der Waals surface area contributed by atoms with Crippen molar-refractivity contribution in [2.24, 2.45) is 11.5 Å². The fourth-order valence-electron chi connectivity index (χ4n) is 4.44. The number of unbranched alkanes of at least 4 members (excludes halogenated alkanes) is 1. The molecule has 4 atom stereocenters. The van der Waals surface area contributed by atoms with Gasteiger partial charge in [-0.25, -0.2) is 0 Å². The van der Waals surface area contributed by atoms with Crippen LogP contribution in [-0.4, -0.2) is 54.5 Å². The minimum atomic E-state index is -1.09. The van der Waals surface area contributed by atoms with E-state index < -0.39 is 47.9 Å². The minimum absolute atomic E-state index is 0.203. The predicted molar refractivity (Wildman–Crippen MR) is 152 cm³/mol. The number of anilines is 1. The van der Waals surface area contributed by atoms with Crippen LogP contribution in [0, 0.1) is 0 Å². The van der Waals surface area contributed by atoms with Crippen LogP contribution in [-0.2, 0) is 30.3 Å². The summed E-state index contributed by atoms with van der Waals surface area (Å²) in [4.78, 5) is 50.9. The van der Waals surface area contributed by atoms with Crippen LogP contribution in [0.2, 0.25) is 5.02 Å². The molecule has 3 aromatic carbocycles. The van der Waals surface area contributed by atoms with Gasteiger partial charge in [0.2, 0.25) is 11.8 Å². The molecule has 1 fully saturated rings. The molecule has 4 rings (SSSR count). The van der Waals surface area contributed by atoms with E-state index in [0.717, 1.165) is 16.3 Å². The van der Waals surface area contributed by atoms with Crippen molar-refractivity contribution < 1.29 is 23.9 Å². The van der Waals surface area contributed by atoms with E-state index in [4.69, 9.17) is 27.8 Å². The number of nitrogens with one attached hydrogen (secondary N) is 3. The Morgan fingerprint density at radius 3 is 2.10 bits per heavy atom. The van der Waals surface area contributed by atoms with Crippen LogP contribution in [0.15, 0.2) is 66.7 Å². The maximum Gasteiger partial charge on any atom is 0.253 e. The van der Waals surface area contributed by atoms with Crippen molar-refractivity contribution in [1.29, 1.82) is 0 Å². The number of carbonyl (C=O) groups excluding carboxylic acids is 4. The number of carbonyl (C=O) groups is 4. The topological polar surface area (TPSA) is 169 Å². The van der Waals surface area contributed by atoms with Crippen LogP contribution in [0.1, 0.15) is 24.8 Å². The summed E-state index contributed by atoms with van der Waals surface area (Å²) < 4.78 is 5.32. The first-order valence-electron chi connectivity index (χ1n) is 13.1. The summed E-state index contributed by atoms with van der Waals surface area (Å²) in [6, 6.07) is 18.0. The zero-order chi connectivity index (χ0) is 28.6. The van der Waals surface area contributed by atoms with Gasteiger partial charge in [0.25, 0.3) is 11.8 Å². The van der Waals surface area contributed by atoms with Gasteiger partial charge in [-0.1, -0.05) is 66.2 Å². The maximum atomic E-state index is 13.3. The Morgan fingerprint density at radius 1 is 0.825 bits per heavy atom. The van der Waals surface area contributed by atoms with Gasteiger partial charge in [0.05, 0.1) is 0 Å². The number of hydrogen-bond donors (Lipinski definition) is 5. The number of fused-ring (bicyclic) bond motifs is 1. The molecule has 1 heterocycles. The number of primary amides is 1. The lowest BCUT2D eigenvalue weighted by molar-refractivity contribution is -0.128. The fraction of sp³-hybridized carbons (Fsp3) is 0.310. The molecule has 210 valence electrons. The third-order valence-electron chi connectivity index (χ3n) is 6.66. The van der Waals surface area contributed by atoms with Crippen LogP contribution in [0.5, 0.6) is 0 Å². The molecule has 0 spiro atoms. The number of ether oxygens (including phenoxy) is 1. The molecule has 11 heteroatoms. The zero-order valence-corrected chi connectivity index (χ0v) is 22.5. The highest BCUT2D eigenvalue weighted by Gasteiger charge is 2.51. The summed E-state index contributed by atoms with van der Waals surface area (Å²) in [5.74, 6) is -2.36. The van der Waals surface area contributed by atoms with Gasteiger partial charge in [-0.05, 0) is 43.5 Å². The highest BCUT2D eigenvalue weighted by Crippen LogP contribution is 2.30. The molecular formula is C29H32ClN5O5. The van der Waals surface area contributed by atoms with Gasteiger partial charge >= 0.3 is 0 Å². The second-order valence-corrected chi connectivity index (χ2v) is 10.0. The first kappa shape index (κ1) is 29.0. The molecule has 2 unspecified atom stereocenters. The van der Waals surface area contributed by atoms with Crippen LogP contribution < -0.4 is 27.4 Å². The average Bonchev–Trinajstić information content (AvgIpc) is 3.76. The highest BCUT2D eigenvalue weighted by atomic mass is 35.5. The predicted octanol–water partition coefficient (Wildman–Crippen LogP) is 2.03. The zero-order valence-electron chi connectivity index (χ0n) is 21.8. The third-order valence-corrected chi connectivity index (χ3v) is 6.99. The number of nitrogens with two attached hydrogens (primary N) is 2. The van der Waals surface area contributed by atoms with Crippen molar-refractivity contribution in [3.63, 3.8) is 0 Å². The molecule has 1 saturated heterocycles. The molecule has 0 bridgehead atoms. The normalized spacial score (nSPS) is 17.4. The van der Waals surface area contributed by atoms with E-state index in [1.165, 1.54) is 0 Å². The van der Waals surface area contributed by atoms with Gasteiger partial charge in [0.1, 0.15) is 12.1 Å². The van der Waals surface area contributed by atoms with Crippen molar-refractivity contribution >= 4 is 51.7 Å². The summed E-state index contributed by atoms with van der Waals surface area (Å²) >= 11 is 6.30. The highest BCUT2D eigenvalue weighted by molar-refractivity contribution is 6.36. The Labute approximate surface area is 236 Å². The molecule has 10 nitrogen and oxygen atoms in total. The van der Waals surface area contributed by atoms with Crippen LogP contribution >= 0.6 is 11.6 Å². The van der Waals surface area contributed by atoms with E-state index in [1.54, 1.807) is 12.1 Å². The standard InChI is InChI=1S/C29H32ClN5O5/c30-20-13-14-21(19-11-5-4-10-18(19)20)33-27(37)22(12-6-7-15-31)34-28(38)24-25(40-24)29(39)35-23(26(32)36)16-17-8-2-1-3-9-17/h1-5,8-11,13-14,22-25H,6-7,12,15-16,31H2,(H2,32,36)(H,33,37)(H,34,38)(H,35,39)/t22-,23-,24?,25?/m0/s1. The molecule has 3 aromatic rings. The van der Waals surface area contributed by atoms with E-state index in [2.05, 4.69) is 16.0 Å². The van der Waals surface area contributed by atoms with Crippen molar-refractivity contribution in [1.82, 2.24) is 10.6 Å². The summed E-state index contributed by atoms with van der Waals surface area (Å²) in [5.41, 5.74) is 12.5. The van der Waals surface area contributed by atoms with Gasteiger partial charge in [-0.2, -0.15) is 0 Å². The minimum Gasteiger partial charge on any atom is -0.368 e. The average molecular weight is 566 g/mol. The summed E-state index contributed by atoms with van der Waals surface area (Å²) in [6.07, 6.45) is -0.369. The number of halogens is 1. The van der Waals surface area contributed by atoms with Crippen molar-refractivity contribution in [3.8, 4) is 0 Å². The smallest absolute Gasteiger partial charge is 0.253 e. The van der Waals surface area contributed by atoms with E-state index in [9.17, 15) is 19.2 Å². The first-order valence-corrected chi connectivity index (χ1v) is 13.4. The monoisotopic (exact) mass is 565 g/mol. The number of rotatable bonds is 13. The number of amides is 4. The van der Waals surface area contributed by atoms with Crippen molar-refractivity contribution in [2.75, 3.05) is 11.9 Å². The van der Waals surface area contributed by atoms with E-state index in [0.29, 0.717) is 36.5 Å². The quantitative estimate of drug-likeness (QED) is 0.157. The Hall–Kier alpha value is -3.99. The van der Waals surface area contributed by atoms with Gasteiger partial charge in [-0.3, -0.25) is 19.2 Å². The Bertz CT molecular complexity index is 1390. The molecule has 40 heavy (non-hydrogen) atoms. The number of hydrogen-bond acceptors (Lipinski definition) is 6. The lowest BCUT2D eigenvalue weighted by atomic mass is 10.0. The lowest BCUT2D eigenvalue weighted by Gasteiger charge is -2.19. The molecular weight excluding hydrogens is 534 g/mol. The van der Waals surface area contributed by atoms with Gasteiger partial charge in [0, 0.05) is 27.9 Å². The van der Waals surface area contributed by atoms with Crippen LogP contribution in [0.3, 0.4) is 0 Å². The molecule has 0 aromatic heterocycles. The second kappa shape index (κ2) is 13.4. The first-order chi connectivity index (χ1) is 19.3. The Kier molecular flexibility index (Phi) is 9.70. The Balaban J connectivity index is 1.38. The van der Waals surface area contributed by atoms with Gasteiger partial charge in [0.15, 0.2) is 12.2 Å². The summed E-state index contributed by atoms with van der Waals surface area (Å²) in [7, 11) is 0. The number of benzene rings is 3. The van der Waals surface area contributed by atoms with E-state index in [1.807, 2.05) is 54.6 Å². The van der Waals surface area contributed by atoms with Crippen LogP contribution in [0.4, 0.5) is 5.69 Å². The molecule has 4 amide bonds. The summed E-state index contributed by atoms with van der Waals surface area (Å²) in [5, 5.41) is 10.3. The summed E-state index contributed by atoms with van der Waals surface area (Å²) in [6.45, 7) is 0.447. The largest absolute Gasteiger partial charge is 0.368 e. The van der Waals surface area contributed by atoms with E-state index in [-0.39, 0.29) is 6.42 Å².